The lowest BCUT2D eigenvalue weighted by Gasteiger charge is -2.57. The van der Waals surface area contributed by atoms with Gasteiger partial charge in [-0.15, -0.1) is 0 Å². The van der Waals surface area contributed by atoms with Crippen LogP contribution in [0.2, 0.25) is 0 Å². The zero-order chi connectivity index (χ0) is 21.2. The molecule has 31 heavy (non-hydrogen) atoms. The maximum Gasteiger partial charge on any atom is 0.272 e. The van der Waals surface area contributed by atoms with E-state index in [1.807, 2.05) is 47.0 Å². The fourth-order valence-corrected chi connectivity index (χ4v) is 5.70. The number of H-pyrrole nitrogens is 1. The van der Waals surface area contributed by atoms with Gasteiger partial charge in [-0.1, -0.05) is 34.1 Å². The summed E-state index contributed by atoms with van der Waals surface area (Å²) in [6.07, 6.45) is 7.70. The Morgan fingerprint density at radius 2 is 1.94 bits per heavy atom. The van der Waals surface area contributed by atoms with Crippen molar-refractivity contribution in [1.29, 1.82) is 0 Å². The molecule has 3 heterocycles. The topological polar surface area (TPSA) is 92.1 Å². The molecule has 0 unspecified atom stereocenters. The second kappa shape index (κ2) is 6.75. The van der Waals surface area contributed by atoms with E-state index in [1.165, 1.54) is 0 Å². The van der Waals surface area contributed by atoms with Crippen LogP contribution in [0.1, 0.15) is 47.8 Å². The highest BCUT2D eigenvalue weighted by Crippen LogP contribution is 2.62. The van der Waals surface area contributed by atoms with Crippen LogP contribution in [0.4, 0.5) is 0 Å². The smallest absolute Gasteiger partial charge is 0.272 e. The molecule has 1 spiro atoms. The average molecular weight is 478 g/mol. The molecule has 2 saturated carbocycles. The van der Waals surface area contributed by atoms with Crippen molar-refractivity contribution in [2.45, 2.75) is 37.6 Å². The first kappa shape index (κ1) is 18.7. The van der Waals surface area contributed by atoms with Gasteiger partial charge in [0.05, 0.1) is 11.1 Å². The van der Waals surface area contributed by atoms with Crippen LogP contribution in [0.3, 0.4) is 0 Å². The highest BCUT2D eigenvalue weighted by molar-refractivity contribution is 9.10. The molecule has 7 nitrogen and oxygen atoms in total. The molecule has 0 radical (unpaired) electrons. The number of aromatic amines is 1. The molecule has 0 bridgehead atoms. The van der Waals surface area contributed by atoms with Crippen LogP contribution in [0, 0.1) is 5.41 Å². The fraction of sp³-hybridized carbons (Fsp3) is 0.304. The predicted octanol–water partition coefficient (Wildman–Crippen LogP) is 3.79. The number of imidazole rings is 1. The highest BCUT2D eigenvalue weighted by atomic mass is 79.9. The van der Waals surface area contributed by atoms with Gasteiger partial charge in [-0.25, -0.2) is 10.1 Å². The van der Waals surface area contributed by atoms with Gasteiger partial charge in [-0.2, -0.15) is 5.10 Å². The number of benzene rings is 1. The van der Waals surface area contributed by atoms with Crippen LogP contribution in [0.15, 0.2) is 58.1 Å². The second-order valence-electron chi connectivity index (χ2n) is 8.90. The fourth-order valence-electron chi connectivity index (χ4n) is 5.37. The van der Waals surface area contributed by atoms with Crippen molar-refractivity contribution in [3.8, 4) is 0 Å². The molecule has 6 rings (SSSR count). The molecule has 8 heteroatoms. The first-order chi connectivity index (χ1) is 15.0. The van der Waals surface area contributed by atoms with Crippen molar-refractivity contribution in [3.05, 3.63) is 75.0 Å². The number of nitrogens with one attached hydrogen (secondary N) is 2. The van der Waals surface area contributed by atoms with Crippen molar-refractivity contribution in [1.82, 2.24) is 24.9 Å². The number of nitrogens with zero attached hydrogens (tertiary/aromatic N) is 3. The summed E-state index contributed by atoms with van der Waals surface area (Å²) in [6.45, 7) is 0. The molecular weight excluding hydrogens is 458 g/mol. The number of pyridine rings is 1. The van der Waals surface area contributed by atoms with Crippen LogP contribution in [-0.4, -0.2) is 31.5 Å². The first-order valence-corrected chi connectivity index (χ1v) is 11.2. The third-order valence-electron chi connectivity index (χ3n) is 6.82. The highest BCUT2D eigenvalue weighted by Gasteiger charge is 2.54. The minimum absolute atomic E-state index is 0.121. The lowest BCUT2D eigenvalue weighted by molar-refractivity contribution is -0.0197. The summed E-state index contributed by atoms with van der Waals surface area (Å²) in [6, 6.07) is 11.7. The van der Waals surface area contributed by atoms with Gasteiger partial charge in [0.1, 0.15) is 11.3 Å². The lowest BCUT2D eigenvalue weighted by atomic mass is 9.49. The Bertz CT molecular complexity index is 1390. The number of rotatable bonds is 3. The number of aromatic nitrogens is 4. The molecule has 2 N–H and O–H groups in total. The van der Waals surface area contributed by atoms with Crippen LogP contribution in [0.25, 0.3) is 16.4 Å². The number of halogens is 1. The number of hydrogen-bond donors (Lipinski definition) is 2. The molecule has 0 atom stereocenters. The van der Waals surface area contributed by atoms with Gasteiger partial charge < -0.3 is 9.72 Å². The van der Waals surface area contributed by atoms with E-state index in [4.69, 9.17) is 0 Å². The Morgan fingerprint density at radius 3 is 2.74 bits per heavy atom. The van der Waals surface area contributed by atoms with Crippen molar-refractivity contribution < 1.29 is 4.79 Å². The number of carbonyl (C=O) groups is 1. The largest absolute Gasteiger partial charge is 0.348 e. The molecule has 4 aromatic rings. The summed E-state index contributed by atoms with van der Waals surface area (Å²) < 4.78 is 2.78. The summed E-state index contributed by atoms with van der Waals surface area (Å²) in [5.74, 6) is 0.235. The minimum atomic E-state index is -0.140. The van der Waals surface area contributed by atoms with Crippen molar-refractivity contribution >= 4 is 38.3 Å². The molecule has 156 valence electrons. The van der Waals surface area contributed by atoms with E-state index in [9.17, 15) is 9.59 Å². The van der Waals surface area contributed by atoms with Crippen LogP contribution < -0.4 is 10.9 Å². The maximum absolute atomic E-state index is 12.6. The van der Waals surface area contributed by atoms with Crippen LogP contribution in [0.5, 0.6) is 0 Å². The Kier molecular flexibility index (Phi) is 4.08. The monoisotopic (exact) mass is 477 g/mol. The van der Waals surface area contributed by atoms with Gasteiger partial charge in [0.25, 0.3) is 11.5 Å². The van der Waals surface area contributed by atoms with E-state index >= 15 is 0 Å². The average Bonchev–Trinajstić information content (AvgIpc) is 3.13. The van der Waals surface area contributed by atoms with Crippen LogP contribution >= 0.6 is 15.9 Å². The number of hydrogen-bond acceptors (Lipinski definition) is 4. The molecule has 1 aromatic carbocycles. The first-order valence-electron chi connectivity index (χ1n) is 10.4. The molecule has 2 fully saturated rings. The quantitative estimate of drug-likeness (QED) is 0.469. The Labute approximate surface area is 186 Å². The molecular formula is C23H20BrN5O2. The Hall–Kier alpha value is -3.00. The van der Waals surface area contributed by atoms with E-state index < -0.39 is 0 Å². The summed E-state index contributed by atoms with van der Waals surface area (Å²) in [4.78, 5) is 29.1. The SMILES string of the molecule is O=C(NC1CC2(C1)CC(c1n[nH]c(=O)c3ccccc13)C2)c1cn2ccc(Br)cc2n1. The normalized spacial score (nSPS) is 24.8. The third-order valence-corrected chi connectivity index (χ3v) is 7.31. The number of fused-ring (bicyclic) bond motifs is 2. The number of amides is 1. The number of carbonyl (C=O) groups excluding carboxylic acids is 1. The third kappa shape index (κ3) is 3.08. The van der Waals surface area contributed by atoms with Crippen molar-refractivity contribution in [2.24, 2.45) is 5.41 Å². The van der Waals surface area contributed by atoms with Gasteiger partial charge >= 0.3 is 0 Å². The van der Waals surface area contributed by atoms with Crippen molar-refractivity contribution in [3.63, 3.8) is 0 Å². The predicted molar refractivity (Wildman–Crippen MR) is 120 cm³/mol. The second-order valence-corrected chi connectivity index (χ2v) is 9.82. The van der Waals surface area contributed by atoms with Gasteiger partial charge in [-0.05, 0) is 49.3 Å². The Balaban J connectivity index is 1.10. The summed E-state index contributed by atoms with van der Waals surface area (Å²) in [5.41, 5.74) is 2.32. The summed E-state index contributed by atoms with van der Waals surface area (Å²) >= 11 is 3.43. The van der Waals surface area contributed by atoms with Gasteiger partial charge in [0.15, 0.2) is 0 Å². The van der Waals surface area contributed by atoms with Gasteiger partial charge in [0.2, 0.25) is 0 Å². The molecule has 3 aromatic heterocycles. The zero-order valence-corrected chi connectivity index (χ0v) is 18.2. The van der Waals surface area contributed by atoms with Crippen molar-refractivity contribution in [2.75, 3.05) is 0 Å². The van der Waals surface area contributed by atoms with E-state index in [0.717, 1.165) is 46.9 Å². The molecule has 1 amide bonds. The standard InChI is InChI=1S/C23H20BrN5O2/c24-14-5-6-29-12-18(26-19(29)7-14)22(31)25-15-10-23(11-15)8-13(9-23)20-16-3-1-2-4-17(16)21(30)28-27-20/h1-7,12-13,15H,8-11H2,(H,25,31)(H,28,30). The van der Waals surface area contributed by atoms with E-state index in [1.54, 1.807) is 6.20 Å². The van der Waals surface area contributed by atoms with E-state index in [0.29, 0.717) is 17.0 Å². The summed E-state index contributed by atoms with van der Waals surface area (Å²) in [7, 11) is 0. The zero-order valence-electron chi connectivity index (χ0n) is 16.6. The lowest BCUT2D eigenvalue weighted by Crippen LogP contribution is -2.55. The molecule has 2 aliphatic carbocycles. The summed E-state index contributed by atoms with van der Waals surface area (Å²) in [5, 5.41) is 11.8. The molecule has 0 saturated heterocycles. The molecule has 2 aliphatic rings. The molecule has 0 aliphatic heterocycles. The maximum atomic E-state index is 12.6. The van der Waals surface area contributed by atoms with E-state index in [-0.39, 0.29) is 22.9 Å². The van der Waals surface area contributed by atoms with E-state index in [2.05, 4.69) is 36.4 Å². The van der Waals surface area contributed by atoms with Crippen LogP contribution in [-0.2, 0) is 0 Å². The van der Waals surface area contributed by atoms with Gasteiger partial charge in [-0.3, -0.25) is 9.59 Å². The minimum Gasteiger partial charge on any atom is -0.348 e. The Morgan fingerprint density at radius 1 is 1.16 bits per heavy atom. The van der Waals surface area contributed by atoms with Gasteiger partial charge in [0, 0.05) is 34.2 Å².